The molecule has 0 aliphatic heterocycles. The minimum Gasteiger partial charge on any atom is -0.398 e. The van der Waals surface area contributed by atoms with Crippen LogP contribution in [0, 0.1) is 23.3 Å². The number of nitrogen functional groups attached to an aromatic ring is 1. The monoisotopic (exact) mass is 666 g/mol. The second-order valence-corrected chi connectivity index (χ2v) is 11.7. The molecule has 0 bridgehead atoms. The summed E-state index contributed by atoms with van der Waals surface area (Å²) >= 11 is 0. The Morgan fingerprint density at radius 2 is 1.12 bits per heavy atom. The summed E-state index contributed by atoms with van der Waals surface area (Å²) in [5, 5.41) is 1.09. The maximum atomic E-state index is 14.2. The fourth-order valence-electron chi connectivity index (χ4n) is 6.39. The number of anilines is 1. The normalized spacial score (nSPS) is 11.5. The zero-order chi connectivity index (χ0) is 35.1. The predicted molar refractivity (Wildman–Crippen MR) is 188 cm³/mol. The van der Waals surface area contributed by atoms with Gasteiger partial charge in [0.15, 0.2) is 11.6 Å². The fourth-order valence-corrected chi connectivity index (χ4v) is 6.39. The number of Topliss-reactive ketones (excluding diaryl/α,β-unsaturated/α-hetero) is 1. The third-order valence-corrected chi connectivity index (χ3v) is 8.64. The second-order valence-electron chi connectivity index (χ2n) is 11.7. The number of carbonyl (C=O) groups is 2. The number of fused-ring (bicyclic) bond motifs is 6. The van der Waals surface area contributed by atoms with Crippen LogP contribution >= 0.6 is 0 Å². The lowest BCUT2D eigenvalue weighted by atomic mass is 10.0. The van der Waals surface area contributed by atoms with Crippen LogP contribution in [0.15, 0.2) is 127 Å². The van der Waals surface area contributed by atoms with Crippen molar-refractivity contribution < 1.29 is 27.2 Å². The Bertz CT molecular complexity index is 2510. The predicted octanol–water partition coefficient (Wildman–Crippen LogP) is 10.5. The molecule has 0 radical (unpaired) electrons. The maximum Gasteiger partial charge on any atom is 0.196 e. The molecule has 0 amide bonds. The van der Waals surface area contributed by atoms with Crippen LogP contribution < -0.4 is 5.73 Å². The quantitative estimate of drug-likeness (QED) is 0.113. The lowest BCUT2D eigenvalue weighted by molar-refractivity contribution is 0.101. The van der Waals surface area contributed by atoms with Gasteiger partial charge in [-0.05, 0) is 82.8 Å². The molecule has 8 heteroatoms. The molecule has 9 rings (SSSR count). The first-order valence-corrected chi connectivity index (χ1v) is 15.6. The number of pyridine rings is 1. The van der Waals surface area contributed by atoms with E-state index in [0.29, 0.717) is 28.6 Å². The number of hydrogen-bond donors (Lipinski definition) is 1. The van der Waals surface area contributed by atoms with Crippen LogP contribution in [-0.4, -0.2) is 16.6 Å². The summed E-state index contributed by atoms with van der Waals surface area (Å²) < 4.78 is 52.3. The van der Waals surface area contributed by atoms with E-state index < -0.39 is 29.1 Å². The summed E-state index contributed by atoms with van der Waals surface area (Å²) in [7, 11) is 0. The topological polar surface area (TPSA) is 73.1 Å². The summed E-state index contributed by atoms with van der Waals surface area (Å²) in [5.41, 5.74) is 15.8. The van der Waals surface area contributed by atoms with Crippen molar-refractivity contribution in [1.82, 2.24) is 4.98 Å². The summed E-state index contributed by atoms with van der Waals surface area (Å²) in [4.78, 5) is 27.3. The van der Waals surface area contributed by atoms with Gasteiger partial charge in [-0.25, -0.2) is 22.5 Å². The highest BCUT2D eigenvalue weighted by molar-refractivity contribution is 6.24. The van der Waals surface area contributed by atoms with Gasteiger partial charge in [-0.2, -0.15) is 0 Å². The zero-order valence-corrected chi connectivity index (χ0v) is 26.5. The van der Waals surface area contributed by atoms with Crippen LogP contribution in [0.1, 0.15) is 33.2 Å². The number of aromatic nitrogens is 1. The van der Waals surface area contributed by atoms with Gasteiger partial charge in [0.05, 0.1) is 22.3 Å². The number of nitrogens with two attached hydrogens (primary N) is 1. The molecule has 1 aromatic heterocycles. The van der Waals surface area contributed by atoms with Crippen molar-refractivity contribution in [2.75, 3.05) is 5.73 Å². The van der Waals surface area contributed by atoms with Crippen molar-refractivity contribution in [3.05, 3.63) is 167 Å². The number of benzene rings is 6. The Morgan fingerprint density at radius 1 is 0.560 bits per heavy atom. The largest absolute Gasteiger partial charge is 0.398 e. The minimum absolute atomic E-state index is 0.0405. The Balaban J connectivity index is 0.000000129. The summed E-state index contributed by atoms with van der Waals surface area (Å²) in [6, 6.07) is 35.7. The number of carbonyl (C=O) groups excluding carboxylic acids is 2. The third kappa shape index (κ3) is 5.71. The van der Waals surface area contributed by atoms with Crippen molar-refractivity contribution in [1.29, 1.82) is 0 Å². The summed E-state index contributed by atoms with van der Waals surface area (Å²) in [6.07, 6.45) is 0. The number of halogens is 4. The summed E-state index contributed by atoms with van der Waals surface area (Å²) in [6.45, 7) is 1.23. The zero-order valence-electron chi connectivity index (χ0n) is 26.5. The van der Waals surface area contributed by atoms with E-state index in [4.69, 9.17) is 5.73 Å². The van der Waals surface area contributed by atoms with Crippen molar-refractivity contribution in [2.45, 2.75) is 6.92 Å². The standard InChI is InChI=1S/C21H11F2N.C13H9NO.C8H6F2O/c22-12-8-9-16(18(23)10-12)20-11-17-14-5-2-1-4-13(14)15-6-3-7-19(24-20)21(15)17;14-11-7-3-6-9-8-4-1-2-5-10(8)13(15)12(9)11;1-5(11)7-3-2-6(9)4-8(7)10/h1-11H;1-7H,14H2;2-4H,1H3. The Kier molecular flexibility index (Phi) is 8.29. The van der Waals surface area contributed by atoms with Crippen LogP contribution in [0.2, 0.25) is 0 Å². The van der Waals surface area contributed by atoms with Crippen LogP contribution in [0.3, 0.4) is 0 Å². The van der Waals surface area contributed by atoms with Gasteiger partial charge in [0.25, 0.3) is 0 Å². The number of rotatable bonds is 2. The number of nitrogens with zero attached hydrogens (tertiary/aromatic N) is 1. The molecule has 2 aliphatic rings. The van der Waals surface area contributed by atoms with Crippen LogP contribution in [0.25, 0.3) is 55.5 Å². The molecular weight excluding hydrogens is 640 g/mol. The van der Waals surface area contributed by atoms with Crippen LogP contribution in [0.4, 0.5) is 23.2 Å². The first-order valence-electron chi connectivity index (χ1n) is 15.6. The molecular formula is C42H26F4N2O2. The molecule has 0 atom stereocenters. The molecule has 0 saturated heterocycles. The lowest BCUT2D eigenvalue weighted by Crippen LogP contribution is -1.99. The average molecular weight is 667 g/mol. The first kappa shape index (κ1) is 32.2. The molecule has 244 valence electrons. The summed E-state index contributed by atoms with van der Waals surface area (Å²) in [5.74, 6) is -3.03. The van der Waals surface area contributed by atoms with Gasteiger partial charge in [0, 0.05) is 34.3 Å². The van der Waals surface area contributed by atoms with Gasteiger partial charge in [-0.3, -0.25) is 9.59 Å². The van der Waals surface area contributed by atoms with Gasteiger partial charge >= 0.3 is 0 Å². The molecule has 6 aromatic carbocycles. The molecule has 4 nitrogen and oxygen atoms in total. The average Bonchev–Trinajstić information content (AvgIpc) is 3.59. The third-order valence-electron chi connectivity index (χ3n) is 8.64. The van der Waals surface area contributed by atoms with Crippen molar-refractivity contribution in [2.24, 2.45) is 0 Å². The highest BCUT2D eigenvalue weighted by Gasteiger charge is 2.27. The van der Waals surface area contributed by atoms with E-state index >= 15 is 0 Å². The SMILES string of the molecule is CC(=O)c1ccc(F)cc1F.Fc1ccc(-c2cc3c4c(cccc4n2)-c2ccccc2-3)c(F)c1.Nc1cccc2c1C(=O)c1ccccc1-2. The highest BCUT2D eigenvalue weighted by atomic mass is 19.1. The highest BCUT2D eigenvalue weighted by Crippen LogP contribution is 2.47. The van der Waals surface area contributed by atoms with Gasteiger partial charge in [-0.1, -0.05) is 72.8 Å². The maximum absolute atomic E-state index is 14.2. The second kappa shape index (κ2) is 12.9. The van der Waals surface area contributed by atoms with Crippen molar-refractivity contribution in [3.8, 4) is 44.6 Å². The van der Waals surface area contributed by atoms with E-state index in [9.17, 15) is 27.2 Å². The molecule has 7 aromatic rings. The van der Waals surface area contributed by atoms with E-state index in [0.717, 1.165) is 68.0 Å². The van der Waals surface area contributed by atoms with E-state index in [-0.39, 0.29) is 11.3 Å². The fraction of sp³-hybridized carbons (Fsp3) is 0.0238. The minimum atomic E-state index is -0.808. The van der Waals surface area contributed by atoms with E-state index in [1.165, 1.54) is 19.1 Å². The van der Waals surface area contributed by atoms with Gasteiger partial charge in [0.2, 0.25) is 0 Å². The molecule has 1 heterocycles. The van der Waals surface area contributed by atoms with E-state index in [1.54, 1.807) is 6.07 Å². The molecule has 0 unspecified atom stereocenters. The molecule has 2 aliphatic carbocycles. The molecule has 0 fully saturated rings. The van der Waals surface area contributed by atoms with Gasteiger partial charge in [0.1, 0.15) is 23.3 Å². The smallest absolute Gasteiger partial charge is 0.196 e. The van der Waals surface area contributed by atoms with E-state index in [1.807, 2.05) is 66.7 Å². The molecule has 0 spiro atoms. The van der Waals surface area contributed by atoms with Gasteiger partial charge < -0.3 is 5.73 Å². The Hall–Kier alpha value is -6.41. The van der Waals surface area contributed by atoms with Crippen LogP contribution in [-0.2, 0) is 0 Å². The molecule has 2 N–H and O–H groups in total. The van der Waals surface area contributed by atoms with Crippen molar-refractivity contribution in [3.63, 3.8) is 0 Å². The Morgan fingerprint density at radius 3 is 1.78 bits per heavy atom. The number of ketones is 2. The van der Waals surface area contributed by atoms with E-state index in [2.05, 4.69) is 23.2 Å². The first-order chi connectivity index (χ1) is 24.1. The number of hydrogen-bond acceptors (Lipinski definition) is 4. The van der Waals surface area contributed by atoms with Crippen molar-refractivity contribution >= 4 is 28.2 Å². The lowest BCUT2D eigenvalue weighted by Gasteiger charge is -2.08. The Labute approximate surface area is 284 Å². The molecule has 50 heavy (non-hydrogen) atoms. The molecule has 0 saturated carbocycles. The van der Waals surface area contributed by atoms with Gasteiger partial charge in [-0.15, -0.1) is 0 Å². The van der Waals surface area contributed by atoms with Crippen LogP contribution in [0.5, 0.6) is 0 Å².